The Bertz CT molecular complexity index is 665. The van der Waals surface area contributed by atoms with Crippen LogP contribution < -0.4 is 0 Å². The summed E-state index contributed by atoms with van der Waals surface area (Å²) >= 11 is 5.63. The first-order chi connectivity index (χ1) is 9.66. The van der Waals surface area contributed by atoms with Crippen molar-refractivity contribution >= 4 is 12.2 Å². The lowest BCUT2D eigenvalue weighted by Crippen LogP contribution is -2.23. The minimum absolute atomic E-state index is 0.781. The number of rotatable bonds is 3. The molecule has 0 amide bonds. The molecular weight excluding hydrogens is 268 g/mol. The van der Waals surface area contributed by atoms with E-state index in [0.717, 1.165) is 36.0 Å². The van der Waals surface area contributed by atoms with Crippen molar-refractivity contribution in [2.45, 2.75) is 33.4 Å². The van der Waals surface area contributed by atoms with Gasteiger partial charge in [0.2, 0.25) is 4.77 Å². The molecule has 0 saturated carbocycles. The van der Waals surface area contributed by atoms with Crippen molar-refractivity contribution < 1.29 is 0 Å². The highest BCUT2D eigenvalue weighted by Crippen LogP contribution is 2.17. The first-order valence-corrected chi connectivity index (χ1v) is 7.52. The molecule has 0 atom stereocenters. The minimum Gasteiger partial charge on any atom is -0.284 e. The average molecular weight is 288 g/mol. The molecule has 20 heavy (non-hydrogen) atoms. The van der Waals surface area contributed by atoms with Gasteiger partial charge < -0.3 is 0 Å². The second-order valence-electron chi connectivity index (χ2n) is 5.42. The second-order valence-corrected chi connectivity index (χ2v) is 5.78. The molecule has 1 aromatic heterocycles. The van der Waals surface area contributed by atoms with E-state index in [9.17, 15) is 0 Å². The van der Waals surface area contributed by atoms with Gasteiger partial charge in [-0.2, -0.15) is 5.10 Å². The third-order valence-corrected chi connectivity index (χ3v) is 4.28. The fourth-order valence-corrected chi connectivity index (χ4v) is 3.14. The normalized spacial score (nSPS) is 15.9. The predicted molar refractivity (Wildman–Crippen MR) is 82.7 cm³/mol. The number of aromatic nitrogens is 3. The van der Waals surface area contributed by atoms with Crippen molar-refractivity contribution in [3.05, 3.63) is 40.4 Å². The van der Waals surface area contributed by atoms with Crippen molar-refractivity contribution in [1.82, 2.24) is 19.2 Å². The highest BCUT2D eigenvalue weighted by molar-refractivity contribution is 7.71. The zero-order valence-electron chi connectivity index (χ0n) is 12.0. The lowest BCUT2D eigenvalue weighted by molar-refractivity contribution is 0.253. The molecule has 3 rings (SSSR count). The molecule has 2 heterocycles. The maximum Gasteiger partial charge on any atom is 0.203 e. The van der Waals surface area contributed by atoms with Gasteiger partial charge in [-0.25, -0.2) is 4.68 Å². The van der Waals surface area contributed by atoms with Crippen LogP contribution in [0.1, 0.15) is 24.2 Å². The SMILES string of the molecule is Cc1ccccc1-n1c(C)nn(CN2CCCC2)c1=S. The molecule has 0 radical (unpaired) electrons. The number of aryl methyl sites for hydroxylation is 2. The molecule has 0 unspecified atom stereocenters. The van der Waals surface area contributed by atoms with Gasteiger partial charge in [-0.1, -0.05) is 18.2 Å². The molecule has 0 N–H and O–H groups in total. The molecule has 4 nitrogen and oxygen atoms in total. The number of likely N-dealkylation sites (tertiary alicyclic amines) is 1. The molecule has 106 valence electrons. The molecule has 0 aliphatic carbocycles. The molecule has 1 aliphatic heterocycles. The van der Waals surface area contributed by atoms with Crippen LogP contribution in [0, 0.1) is 18.6 Å². The zero-order valence-corrected chi connectivity index (χ0v) is 12.9. The molecule has 1 fully saturated rings. The predicted octanol–water partition coefficient (Wildman–Crippen LogP) is 3.07. The zero-order chi connectivity index (χ0) is 14.1. The van der Waals surface area contributed by atoms with E-state index >= 15 is 0 Å². The topological polar surface area (TPSA) is 26.0 Å². The Hall–Kier alpha value is -1.46. The van der Waals surface area contributed by atoms with E-state index in [-0.39, 0.29) is 0 Å². The summed E-state index contributed by atoms with van der Waals surface area (Å²) < 4.78 is 4.80. The Kier molecular flexibility index (Phi) is 3.72. The van der Waals surface area contributed by atoms with Crippen LogP contribution in [0.5, 0.6) is 0 Å². The van der Waals surface area contributed by atoms with Crippen LogP contribution in [-0.4, -0.2) is 32.3 Å². The number of para-hydroxylation sites is 1. The molecule has 1 aliphatic rings. The number of hydrogen-bond acceptors (Lipinski definition) is 3. The van der Waals surface area contributed by atoms with E-state index in [1.807, 2.05) is 23.7 Å². The molecular formula is C15H20N4S. The van der Waals surface area contributed by atoms with Gasteiger partial charge in [0.1, 0.15) is 5.82 Å². The Labute approximate surface area is 124 Å². The second kappa shape index (κ2) is 5.50. The lowest BCUT2D eigenvalue weighted by Gasteiger charge is -2.13. The highest BCUT2D eigenvalue weighted by atomic mass is 32.1. The van der Waals surface area contributed by atoms with Gasteiger partial charge in [-0.05, 0) is 63.6 Å². The van der Waals surface area contributed by atoms with E-state index in [1.165, 1.54) is 18.4 Å². The first kappa shape index (κ1) is 13.5. The summed E-state index contributed by atoms with van der Waals surface area (Å²) in [6, 6.07) is 8.29. The first-order valence-electron chi connectivity index (χ1n) is 7.11. The van der Waals surface area contributed by atoms with Gasteiger partial charge in [0.05, 0.1) is 12.4 Å². The summed E-state index contributed by atoms with van der Waals surface area (Å²) in [5.41, 5.74) is 2.34. The van der Waals surface area contributed by atoms with E-state index in [2.05, 4.69) is 33.6 Å². The smallest absolute Gasteiger partial charge is 0.203 e. The maximum absolute atomic E-state index is 5.63. The van der Waals surface area contributed by atoms with Crippen molar-refractivity contribution in [1.29, 1.82) is 0 Å². The Morgan fingerprint density at radius 2 is 1.85 bits per heavy atom. The Morgan fingerprint density at radius 1 is 1.15 bits per heavy atom. The highest BCUT2D eigenvalue weighted by Gasteiger charge is 2.15. The summed E-state index contributed by atoms with van der Waals surface area (Å²) in [7, 11) is 0. The largest absolute Gasteiger partial charge is 0.284 e. The van der Waals surface area contributed by atoms with Crippen LogP contribution in [0.3, 0.4) is 0 Å². The van der Waals surface area contributed by atoms with Gasteiger partial charge >= 0.3 is 0 Å². The third-order valence-electron chi connectivity index (χ3n) is 3.89. The standard InChI is InChI=1S/C15H20N4S/c1-12-7-3-4-8-14(12)19-13(2)16-18(15(19)20)11-17-9-5-6-10-17/h3-4,7-8H,5-6,9-11H2,1-2H3. The molecule has 5 heteroatoms. The molecule has 0 bridgehead atoms. The van der Waals surface area contributed by atoms with E-state index in [1.54, 1.807) is 0 Å². The summed E-state index contributed by atoms with van der Waals surface area (Å²) in [5.74, 6) is 0.948. The Morgan fingerprint density at radius 3 is 2.55 bits per heavy atom. The summed E-state index contributed by atoms with van der Waals surface area (Å²) in [6.45, 7) is 7.23. The molecule has 1 aromatic carbocycles. The fourth-order valence-electron chi connectivity index (χ4n) is 2.81. The summed E-state index contributed by atoms with van der Waals surface area (Å²) in [5, 5.41) is 4.62. The van der Waals surface area contributed by atoms with Crippen molar-refractivity contribution in [2.24, 2.45) is 0 Å². The van der Waals surface area contributed by atoms with Gasteiger partial charge in [-0.3, -0.25) is 9.47 Å². The van der Waals surface area contributed by atoms with Crippen LogP contribution in [0.2, 0.25) is 0 Å². The average Bonchev–Trinajstić information content (AvgIpc) is 3.01. The van der Waals surface area contributed by atoms with Crippen molar-refractivity contribution in [2.75, 3.05) is 13.1 Å². The summed E-state index contributed by atoms with van der Waals surface area (Å²) in [6.07, 6.45) is 2.57. The van der Waals surface area contributed by atoms with Crippen LogP contribution in [0.25, 0.3) is 5.69 Å². The number of benzene rings is 1. The van der Waals surface area contributed by atoms with Gasteiger partial charge in [-0.15, -0.1) is 0 Å². The van der Waals surface area contributed by atoms with E-state index < -0.39 is 0 Å². The molecule has 0 spiro atoms. The monoisotopic (exact) mass is 288 g/mol. The maximum atomic E-state index is 5.63. The lowest BCUT2D eigenvalue weighted by atomic mass is 10.2. The molecule has 2 aromatic rings. The fraction of sp³-hybridized carbons (Fsp3) is 0.467. The van der Waals surface area contributed by atoms with Crippen LogP contribution in [0.15, 0.2) is 24.3 Å². The van der Waals surface area contributed by atoms with Gasteiger partial charge in [0, 0.05) is 0 Å². The minimum atomic E-state index is 0.781. The van der Waals surface area contributed by atoms with Gasteiger partial charge in [0.25, 0.3) is 0 Å². The molecule has 1 saturated heterocycles. The number of hydrogen-bond donors (Lipinski definition) is 0. The van der Waals surface area contributed by atoms with Crippen molar-refractivity contribution in [3.63, 3.8) is 0 Å². The van der Waals surface area contributed by atoms with Gasteiger partial charge in [0.15, 0.2) is 0 Å². The Balaban J connectivity index is 1.98. The number of nitrogens with zero attached hydrogens (tertiary/aromatic N) is 4. The van der Waals surface area contributed by atoms with E-state index in [4.69, 9.17) is 12.2 Å². The summed E-state index contributed by atoms with van der Waals surface area (Å²) in [4.78, 5) is 2.41. The van der Waals surface area contributed by atoms with Crippen LogP contribution >= 0.6 is 12.2 Å². The van der Waals surface area contributed by atoms with Crippen molar-refractivity contribution in [3.8, 4) is 5.69 Å². The van der Waals surface area contributed by atoms with E-state index in [0.29, 0.717) is 0 Å². The van der Waals surface area contributed by atoms with Crippen LogP contribution in [0.4, 0.5) is 0 Å². The quantitative estimate of drug-likeness (QED) is 0.812. The third kappa shape index (κ3) is 2.43. The van der Waals surface area contributed by atoms with Crippen LogP contribution in [-0.2, 0) is 6.67 Å².